The molecule has 0 radical (unpaired) electrons. The molecular weight excluding hydrogens is 383 g/mol. The zero-order chi connectivity index (χ0) is 20.7. The van der Waals surface area contributed by atoms with Crippen LogP contribution < -0.4 is 14.4 Å². The van der Waals surface area contributed by atoms with Gasteiger partial charge in [-0.1, -0.05) is 31.2 Å². The Morgan fingerprint density at radius 3 is 2.32 bits per heavy atom. The second kappa shape index (κ2) is 9.54. The summed E-state index contributed by atoms with van der Waals surface area (Å²) >= 11 is 0. The summed E-state index contributed by atoms with van der Waals surface area (Å²) in [6.07, 6.45) is 1.15. The molecule has 1 N–H and O–H groups in total. The van der Waals surface area contributed by atoms with Crippen LogP contribution in [0.25, 0.3) is 0 Å². The van der Waals surface area contributed by atoms with Gasteiger partial charge in [-0.2, -0.15) is 0 Å². The van der Waals surface area contributed by atoms with E-state index in [9.17, 15) is 17.6 Å². The van der Waals surface area contributed by atoms with Crippen LogP contribution in [0.15, 0.2) is 48.5 Å². The van der Waals surface area contributed by atoms with Crippen LogP contribution in [0.3, 0.4) is 0 Å². The maximum absolute atomic E-state index is 14.2. The third-order valence-electron chi connectivity index (χ3n) is 4.12. The van der Waals surface area contributed by atoms with Gasteiger partial charge in [-0.25, -0.2) is 12.8 Å². The first-order valence-electron chi connectivity index (χ1n) is 9.01. The number of ether oxygens (including phenoxy) is 1. The van der Waals surface area contributed by atoms with Crippen LogP contribution in [0.4, 0.5) is 10.1 Å². The van der Waals surface area contributed by atoms with Gasteiger partial charge in [0.05, 0.1) is 18.6 Å². The quantitative estimate of drug-likeness (QED) is 0.692. The summed E-state index contributed by atoms with van der Waals surface area (Å²) in [6, 6.07) is 11.7. The summed E-state index contributed by atoms with van der Waals surface area (Å²) in [5.74, 6) is -0.470. The molecule has 0 aliphatic heterocycles. The van der Waals surface area contributed by atoms with E-state index in [1.165, 1.54) is 18.2 Å². The first kappa shape index (κ1) is 21.7. The lowest BCUT2D eigenvalue weighted by Crippen LogP contribution is -2.49. The summed E-state index contributed by atoms with van der Waals surface area (Å²) in [4.78, 5) is 12.7. The molecule has 0 aromatic heterocycles. The number of carbonyl (C=O) groups excluding carboxylic acids is 1. The van der Waals surface area contributed by atoms with Crippen molar-refractivity contribution >= 4 is 21.6 Å². The van der Waals surface area contributed by atoms with Crippen molar-refractivity contribution in [2.24, 2.45) is 0 Å². The molecule has 0 aliphatic carbocycles. The minimum atomic E-state index is -3.88. The first-order valence-corrected chi connectivity index (χ1v) is 10.9. The fraction of sp³-hybridized carbons (Fsp3) is 0.350. The van der Waals surface area contributed by atoms with E-state index in [1.54, 1.807) is 19.1 Å². The zero-order valence-corrected chi connectivity index (χ0v) is 17.0. The van der Waals surface area contributed by atoms with Crippen molar-refractivity contribution < 1.29 is 22.3 Å². The number of hydrogen-bond acceptors (Lipinski definition) is 4. The van der Waals surface area contributed by atoms with Crippen LogP contribution in [0.2, 0.25) is 0 Å². The average molecular weight is 408 g/mol. The standard InChI is InChI=1S/C20H25FN2O4S/c1-4-18(23(28(3,25)26)19-9-7-6-8-17(19)21)20(24)22-14-15-10-12-16(13-11-15)27-5-2/h6-13,18H,4-5,14H2,1-3H3,(H,22,24)/t18-/m0/s1. The summed E-state index contributed by atoms with van der Waals surface area (Å²) in [7, 11) is -3.88. The maximum Gasteiger partial charge on any atom is 0.244 e. The highest BCUT2D eigenvalue weighted by Crippen LogP contribution is 2.25. The highest BCUT2D eigenvalue weighted by atomic mass is 32.2. The molecule has 0 heterocycles. The van der Waals surface area contributed by atoms with E-state index in [1.807, 2.05) is 19.1 Å². The Hall–Kier alpha value is -2.61. The summed E-state index contributed by atoms with van der Waals surface area (Å²) in [5, 5.41) is 2.73. The van der Waals surface area contributed by atoms with Gasteiger partial charge >= 0.3 is 0 Å². The third kappa shape index (κ3) is 5.45. The average Bonchev–Trinajstić information content (AvgIpc) is 2.65. The molecule has 6 nitrogen and oxygen atoms in total. The van der Waals surface area contributed by atoms with Crippen molar-refractivity contribution in [3.63, 3.8) is 0 Å². The molecule has 1 atom stereocenters. The summed E-state index contributed by atoms with van der Waals surface area (Å²) < 4.78 is 45.1. The molecule has 1 amide bonds. The van der Waals surface area contributed by atoms with Crippen molar-refractivity contribution in [3.05, 3.63) is 59.9 Å². The van der Waals surface area contributed by atoms with Crippen molar-refractivity contribution in [3.8, 4) is 5.75 Å². The third-order valence-corrected chi connectivity index (χ3v) is 5.29. The van der Waals surface area contributed by atoms with Crippen LogP contribution in [0.1, 0.15) is 25.8 Å². The second-order valence-corrected chi connectivity index (χ2v) is 8.09. The molecule has 0 fully saturated rings. The molecule has 0 saturated carbocycles. The molecule has 152 valence electrons. The number of nitrogens with one attached hydrogen (secondary N) is 1. The van der Waals surface area contributed by atoms with E-state index in [0.29, 0.717) is 6.61 Å². The van der Waals surface area contributed by atoms with Gasteiger partial charge in [-0.15, -0.1) is 0 Å². The number of rotatable bonds is 9. The number of hydrogen-bond donors (Lipinski definition) is 1. The number of carbonyl (C=O) groups is 1. The summed E-state index contributed by atoms with van der Waals surface area (Å²) in [6.45, 7) is 4.35. The number of nitrogens with zero attached hydrogens (tertiary/aromatic N) is 1. The molecular formula is C20H25FN2O4S. The SMILES string of the molecule is CCOc1ccc(CNC(=O)[C@H](CC)N(c2ccccc2F)S(C)(=O)=O)cc1. The van der Waals surface area contributed by atoms with Gasteiger partial charge in [0.1, 0.15) is 17.6 Å². The van der Waals surface area contributed by atoms with Crippen molar-refractivity contribution in [1.29, 1.82) is 0 Å². The predicted molar refractivity (Wildman–Crippen MR) is 107 cm³/mol. The highest BCUT2D eigenvalue weighted by Gasteiger charge is 2.32. The molecule has 0 spiro atoms. The van der Waals surface area contributed by atoms with Crippen LogP contribution >= 0.6 is 0 Å². The van der Waals surface area contributed by atoms with Gasteiger partial charge in [0.15, 0.2) is 0 Å². The van der Waals surface area contributed by atoms with Gasteiger partial charge in [-0.3, -0.25) is 9.10 Å². The maximum atomic E-state index is 14.2. The van der Waals surface area contributed by atoms with Crippen molar-refractivity contribution in [2.45, 2.75) is 32.9 Å². The first-order chi connectivity index (χ1) is 13.3. The number of anilines is 1. The molecule has 8 heteroatoms. The van der Waals surface area contributed by atoms with Crippen LogP contribution in [0, 0.1) is 5.82 Å². The Morgan fingerprint density at radius 2 is 1.79 bits per heavy atom. The monoisotopic (exact) mass is 408 g/mol. The van der Waals surface area contributed by atoms with E-state index in [2.05, 4.69) is 5.32 Å². The highest BCUT2D eigenvalue weighted by molar-refractivity contribution is 7.92. The molecule has 0 aliphatic rings. The Bertz CT molecular complexity index is 901. The molecule has 28 heavy (non-hydrogen) atoms. The van der Waals surface area contributed by atoms with E-state index >= 15 is 0 Å². The fourth-order valence-corrected chi connectivity index (χ4v) is 4.06. The van der Waals surface area contributed by atoms with Crippen LogP contribution in [-0.2, 0) is 21.4 Å². The van der Waals surface area contributed by atoms with Gasteiger partial charge in [0.2, 0.25) is 15.9 Å². The van der Waals surface area contributed by atoms with E-state index in [0.717, 1.165) is 27.9 Å². The summed E-state index contributed by atoms with van der Waals surface area (Å²) in [5.41, 5.74) is 0.691. The zero-order valence-electron chi connectivity index (χ0n) is 16.2. The fourth-order valence-electron chi connectivity index (χ4n) is 2.84. The number of sulfonamides is 1. The lowest BCUT2D eigenvalue weighted by Gasteiger charge is -2.30. The lowest BCUT2D eigenvalue weighted by molar-refractivity contribution is -0.122. The molecule has 2 aromatic carbocycles. The van der Waals surface area contributed by atoms with Crippen molar-refractivity contribution in [1.82, 2.24) is 5.32 Å². The number of benzene rings is 2. The minimum absolute atomic E-state index is 0.145. The Morgan fingerprint density at radius 1 is 1.14 bits per heavy atom. The number of halogens is 1. The molecule has 2 rings (SSSR count). The number of para-hydroxylation sites is 1. The molecule has 0 saturated heterocycles. The van der Waals surface area contributed by atoms with Crippen LogP contribution in [0.5, 0.6) is 5.75 Å². The molecule has 0 bridgehead atoms. The molecule has 2 aromatic rings. The normalized spacial score (nSPS) is 12.3. The van der Waals surface area contributed by atoms with E-state index in [-0.39, 0.29) is 18.7 Å². The largest absolute Gasteiger partial charge is 0.494 e. The Kier molecular flexibility index (Phi) is 7.39. The van der Waals surface area contributed by atoms with Gasteiger partial charge in [0, 0.05) is 6.54 Å². The van der Waals surface area contributed by atoms with E-state index < -0.39 is 27.8 Å². The van der Waals surface area contributed by atoms with Crippen LogP contribution in [-0.4, -0.2) is 33.2 Å². The number of amides is 1. The second-order valence-electron chi connectivity index (χ2n) is 6.23. The Labute approximate surface area is 165 Å². The predicted octanol–water partition coefficient (Wildman–Crippen LogP) is 3.09. The van der Waals surface area contributed by atoms with Gasteiger partial charge in [0.25, 0.3) is 0 Å². The topological polar surface area (TPSA) is 75.7 Å². The molecule has 0 unspecified atom stereocenters. The lowest BCUT2D eigenvalue weighted by atomic mass is 10.1. The Balaban J connectivity index is 2.19. The van der Waals surface area contributed by atoms with Crippen molar-refractivity contribution in [2.75, 3.05) is 17.2 Å². The van der Waals surface area contributed by atoms with Gasteiger partial charge in [-0.05, 0) is 43.2 Å². The minimum Gasteiger partial charge on any atom is -0.494 e. The van der Waals surface area contributed by atoms with E-state index in [4.69, 9.17) is 4.74 Å². The smallest absolute Gasteiger partial charge is 0.244 e. The van der Waals surface area contributed by atoms with Gasteiger partial charge < -0.3 is 10.1 Å².